The Hall–Kier alpha value is 0.290. The van der Waals surface area contributed by atoms with E-state index in [1.807, 2.05) is 0 Å². The predicted octanol–water partition coefficient (Wildman–Crippen LogP) is 2.09. The number of hydrogen-bond acceptors (Lipinski definition) is 0. The largest absolute Gasteiger partial charge is 0.127 e. The van der Waals surface area contributed by atoms with Gasteiger partial charge in [0.1, 0.15) is 0 Å². The zero-order valence-electron chi connectivity index (χ0n) is 4.08. The SMILES string of the molecule is [CH2]C(C)CCCl. The molecular formula is C5H10Cl. The highest BCUT2D eigenvalue weighted by atomic mass is 35.5. The van der Waals surface area contributed by atoms with E-state index in [1.165, 1.54) is 0 Å². The van der Waals surface area contributed by atoms with Gasteiger partial charge in [0.25, 0.3) is 0 Å². The number of halogens is 1. The van der Waals surface area contributed by atoms with E-state index < -0.39 is 0 Å². The molecule has 0 heterocycles. The lowest BCUT2D eigenvalue weighted by Gasteiger charge is -1.94. The van der Waals surface area contributed by atoms with E-state index in [1.54, 1.807) is 0 Å². The quantitative estimate of drug-likeness (QED) is 0.472. The van der Waals surface area contributed by atoms with Crippen LogP contribution < -0.4 is 0 Å². The van der Waals surface area contributed by atoms with Crippen molar-refractivity contribution >= 4 is 11.6 Å². The Morgan fingerprint density at radius 1 is 1.83 bits per heavy atom. The van der Waals surface area contributed by atoms with Gasteiger partial charge in [-0.25, -0.2) is 0 Å². The molecular weight excluding hydrogens is 95.5 g/mol. The van der Waals surface area contributed by atoms with Crippen LogP contribution in [0.3, 0.4) is 0 Å². The Labute approximate surface area is 44.5 Å². The third-order valence-electron chi connectivity index (χ3n) is 0.602. The Kier molecular flexibility index (Phi) is 3.65. The van der Waals surface area contributed by atoms with Crippen LogP contribution >= 0.6 is 11.6 Å². The van der Waals surface area contributed by atoms with Gasteiger partial charge in [0.2, 0.25) is 0 Å². The molecule has 0 spiro atoms. The first-order chi connectivity index (χ1) is 2.77. The van der Waals surface area contributed by atoms with Crippen LogP contribution in [0.2, 0.25) is 0 Å². The van der Waals surface area contributed by atoms with Gasteiger partial charge in [0, 0.05) is 5.88 Å². The number of hydrogen-bond donors (Lipinski definition) is 0. The summed E-state index contributed by atoms with van der Waals surface area (Å²) in [7, 11) is 0. The second kappa shape index (κ2) is 3.48. The van der Waals surface area contributed by atoms with Crippen molar-refractivity contribution in [2.24, 2.45) is 5.92 Å². The average Bonchev–Trinajstić information content (AvgIpc) is 1.35. The van der Waals surface area contributed by atoms with Crippen molar-refractivity contribution in [2.45, 2.75) is 13.3 Å². The van der Waals surface area contributed by atoms with E-state index in [4.69, 9.17) is 11.6 Å². The molecule has 0 aromatic heterocycles. The van der Waals surface area contributed by atoms with Gasteiger partial charge in [-0.15, -0.1) is 11.6 Å². The lowest BCUT2D eigenvalue weighted by atomic mass is 10.2. The Morgan fingerprint density at radius 2 is 2.33 bits per heavy atom. The molecule has 6 heavy (non-hydrogen) atoms. The molecule has 0 amide bonds. The zero-order valence-corrected chi connectivity index (χ0v) is 4.83. The second-order valence-electron chi connectivity index (χ2n) is 1.58. The first-order valence-corrected chi connectivity index (χ1v) is 2.70. The topological polar surface area (TPSA) is 0 Å². The van der Waals surface area contributed by atoms with Crippen molar-refractivity contribution in [3.63, 3.8) is 0 Å². The van der Waals surface area contributed by atoms with E-state index >= 15 is 0 Å². The third-order valence-corrected chi connectivity index (χ3v) is 0.820. The summed E-state index contributed by atoms with van der Waals surface area (Å²) in [6.45, 7) is 5.80. The average molecular weight is 106 g/mol. The molecule has 0 fully saturated rings. The van der Waals surface area contributed by atoms with Gasteiger partial charge < -0.3 is 0 Å². The van der Waals surface area contributed by atoms with Crippen molar-refractivity contribution in [2.75, 3.05) is 5.88 Å². The second-order valence-corrected chi connectivity index (χ2v) is 1.96. The normalized spacial score (nSPS) is 10.0. The van der Waals surface area contributed by atoms with E-state index in [2.05, 4.69) is 13.8 Å². The first-order valence-electron chi connectivity index (χ1n) is 2.16. The van der Waals surface area contributed by atoms with Gasteiger partial charge in [-0.05, 0) is 12.3 Å². The molecule has 0 aromatic rings. The molecule has 0 aliphatic carbocycles. The van der Waals surface area contributed by atoms with Crippen molar-refractivity contribution in [3.05, 3.63) is 6.92 Å². The van der Waals surface area contributed by atoms with Gasteiger partial charge in [0.05, 0.1) is 0 Å². The van der Waals surface area contributed by atoms with Gasteiger partial charge in [-0.2, -0.15) is 0 Å². The van der Waals surface area contributed by atoms with E-state index in [9.17, 15) is 0 Å². The first kappa shape index (κ1) is 6.29. The lowest BCUT2D eigenvalue weighted by molar-refractivity contribution is 0.699. The van der Waals surface area contributed by atoms with Crippen LogP contribution in [0.1, 0.15) is 13.3 Å². The number of rotatable bonds is 2. The molecule has 0 N–H and O–H groups in total. The fourth-order valence-electron chi connectivity index (χ4n) is 0.186. The molecule has 0 aromatic carbocycles. The Bertz CT molecular complexity index is 25.1. The summed E-state index contributed by atoms with van der Waals surface area (Å²) in [6, 6.07) is 0. The molecule has 1 atom stereocenters. The summed E-state index contributed by atoms with van der Waals surface area (Å²) >= 11 is 5.36. The molecule has 0 bridgehead atoms. The molecule has 0 aliphatic rings. The minimum atomic E-state index is 0.516. The highest BCUT2D eigenvalue weighted by molar-refractivity contribution is 6.17. The van der Waals surface area contributed by atoms with Crippen LogP contribution in [0.5, 0.6) is 0 Å². The monoisotopic (exact) mass is 105 g/mol. The number of alkyl halides is 1. The van der Waals surface area contributed by atoms with Gasteiger partial charge in [0.15, 0.2) is 0 Å². The smallest absolute Gasteiger partial charge is 0.0225 e. The molecule has 37 valence electrons. The Morgan fingerprint density at radius 3 is 2.33 bits per heavy atom. The maximum absolute atomic E-state index is 5.36. The minimum absolute atomic E-state index is 0.516. The van der Waals surface area contributed by atoms with Crippen LogP contribution in [0.15, 0.2) is 0 Å². The standard InChI is InChI=1S/C5H10Cl/c1-5(2)3-4-6/h5H,1,3-4H2,2H3. The summed E-state index contributed by atoms with van der Waals surface area (Å²) in [5, 5.41) is 0. The van der Waals surface area contributed by atoms with Crippen molar-refractivity contribution in [1.82, 2.24) is 0 Å². The summed E-state index contributed by atoms with van der Waals surface area (Å²) in [5.74, 6) is 1.26. The highest BCUT2D eigenvalue weighted by Crippen LogP contribution is 1.98. The van der Waals surface area contributed by atoms with Crippen LogP contribution in [-0.4, -0.2) is 5.88 Å². The molecule has 0 aliphatic heterocycles. The lowest BCUT2D eigenvalue weighted by Crippen LogP contribution is -1.85. The van der Waals surface area contributed by atoms with Crippen LogP contribution in [0.4, 0.5) is 0 Å². The fourth-order valence-corrected chi connectivity index (χ4v) is 0.559. The van der Waals surface area contributed by atoms with E-state index in [0.717, 1.165) is 12.3 Å². The molecule has 0 rings (SSSR count). The molecule has 1 unspecified atom stereocenters. The van der Waals surface area contributed by atoms with E-state index in [-0.39, 0.29) is 0 Å². The van der Waals surface area contributed by atoms with E-state index in [0.29, 0.717) is 5.92 Å². The molecule has 0 nitrogen and oxygen atoms in total. The van der Waals surface area contributed by atoms with Crippen molar-refractivity contribution in [1.29, 1.82) is 0 Å². The maximum Gasteiger partial charge on any atom is 0.0225 e. The highest BCUT2D eigenvalue weighted by Gasteiger charge is 1.87. The van der Waals surface area contributed by atoms with Crippen molar-refractivity contribution < 1.29 is 0 Å². The minimum Gasteiger partial charge on any atom is -0.127 e. The summed E-state index contributed by atoms with van der Waals surface area (Å²) in [6.07, 6.45) is 1.03. The third kappa shape index (κ3) is 4.29. The van der Waals surface area contributed by atoms with Gasteiger partial charge >= 0.3 is 0 Å². The summed E-state index contributed by atoms with van der Waals surface area (Å²) in [4.78, 5) is 0. The fraction of sp³-hybridized carbons (Fsp3) is 0.800. The van der Waals surface area contributed by atoms with Gasteiger partial charge in [-0.3, -0.25) is 0 Å². The zero-order chi connectivity index (χ0) is 4.99. The molecule has 1 heteroatoms. The van der Waals surface area contributed by atoms with Crippen LogP contribution in [0, 0.1) is 12.8 Å². The van der Waals surface area contributed by atoms with Crippen LogP contribution in [0.25, 0.3) is 0 Å². The van der Waals surface area contributed by atoms with Crippen LogP contribution in [-0.2, 0) is 0 Å². The molecule has 0 saturated heterocycles. The molecule has 1 radical (unpaired) electrons. The predicted molar refractivity (Wildman–Crippen MR) is 29.9 cm³/mol. The summed E-state index contributed by atoms with van der Waals surface area (Å²) in [5.41, 5.74) is 0. The van der Waals surface area contributed by atoms with Gasteiger partial charge in [-0.1, -0.05) is 13.8 Å². The maximum atomic E-state index is 5.36. The van der Waals surface area contributed by atoms with Crippen molar-refractivity contribution in [3.8, 4) is 0 Å². The molecule has 0 saturated carbocycles. The summed E-state index contributed by atoms with van der Waals surface area (Å²) < 4.78 is 0. The Balaban J connectivity index is 2.63.